The number of nitrogens with zero attached hydrogens (tertiary/aromatic N) is 2. The van der Waals surface area contributed by atoms with Gasteiger partial charge in [-0.2, -0.15) is 0 Å². The van der Waals surface area contributed by atoms with Crippen LogP contribution < -0.4 is 5.32 Å². The fourth-order valence-electron chi connectivity index (χ4n) is 3.11. The molecule has 4 heteroatoms. The first-order valence-electron chi connectivity index (χ1n) is 8.21. The summed E-state index contributed by atoms with van der Waals surface area (Å²) in [5.74, 6) is 2.63. The predicted molar refractivity (Wildman–Crippen MR) is 92.7 cm³/mol. The second-order valence-electron chi connectivity index (χ2n) is 7.21. The molecule has 1 atom stereocenters. The van der Waals surface area contributed by atoms with Crippen LogP contribution in [0.15, 0.2) is 10.7 Å². The van der Waals surface area contributed by atoms with Crippen LogP contribution in [0.2, 0.25) is 0 Å². The minimum absolute atomic E-state index is 0.0350. The highest BCUT2D eigenvalue weighted by atomic mass is 79.9. The maximum Gasteiger partial charge on any atom is 0.137 e. The van der Waals surface area contributed by atoms with Gasteiger partial charge in [-0.15, -0.1) is 0 Å². The minimum atomic E-state index is -0.0350. The van der Waals surface area contributed by atoms with Crippen molar-refractivity contribution in [2.75, 3.05) is 5.32 Å². The van der Waals surface area contributed by atoms with Gasteiger partial charge in [-0.1, -0.05) is 47.0 Å². The topological polar surface area (TPSA) is 37.8 Å². The van der Waals surface area contributed by atoms with Gasteiger partial charge in [0, 0.05) is 17.5 Å². The molecule has 0 bridgehead atoms. The summed E-state index contributed by atoms with van der Waals surface area (Å²) in [5.41, 5.74) is -0.0350. The van der Waals surface area contributed by atoms with Gasteiger partial charge in [-0.3, -0.25) is 0 Å². The van der Waals surface area contributed by atoms with E-state index in [0.29, 0.717) is 6.04 Å². The lowest BCUT2D eigenvalue weighted by atomic mass is 9.83. The largest absolute Gasteiger partial charge is 0.367 e. The molecule has 1 fully saturated rings. The average Bonchev–Trinajstić information content (AvgIpc) is 2.44. The lowest BCUT2D eigenvalue weighted by Crippen LogP contribution is -2.31. The van der Waals surface area contributed by atoms with E-state index >= 15 is 0 Å². The Bertz CT molecular complexity index is 462. The Hall–Kier alpha value is -0.640. The average molecular weight is 354 g/mol. The summed E-state index contributed by atoms with van der Waals surface area (Å²) in [6.45, 7) is 8.72. The van der Waals surface area contributed by atoms with Crippen LogP contribution in [0.3, 0.4) is 0 Å². The number of rotatable bonds is 4. The molecule has 1 aromatic rings. The van der Waals surface area contributed by atoms with Crippen molar-refractivity contribution in [1.82, 2.24) is 9.97 Å². The molecular weight excluding hydrogens is 326 g/mol. The van der Waals surface area contributed by atoms with Crippen molar-refractivity contribution in [2.24, 2.45) is 5.92 Å². The molecule has 1 aliphatic carbocycles. The zero-order chi connectivity index (χ0) is 15.5. The Morgan fingerprint density at radius 3 is 2.48 bits per heavy atom. The highest BCUT2D eigenvalue weighted by Gasteiger charge is 2.24. The van der Waals surface area contributed by atoms with Gasteiger partial charge < -0.3 is 5.32 Å². The van der Waals surface area contributed by atoms with Crippen LogP contribution in [-0.2, 0) is 5.41 Å². The molecule has 118 valence electrons. The van der Waals surface area contributed by atoms with Crippen LogP contribution in [0.1, 0.15) is 72.0 Å². The van der Waals surface area contributed by atoms with Crippen molar-refractivity contribution >= 4 is 21.7 Å². The van der Waals surface area contributed by atoms with Gasteiger partial charge >= 0.3 is 0 Å². The number of halogens is 1. The Labute approximate surface area is 137 Å². The smallest absolute Gasteiger partial charge is 0.137 e. The van der Waals surface area contributed by atoms with Crippen molar-refractivity contribution in [3.8, 4) is 0 Å². The van der Waals surface area contributed by atoms with Crippen LogP contribution in [0.5, 0.6) is 0 Å². The molecule has 0 radical (unpaired) electrons. The lowest BCUT2D eigenvalue weighted by Gasteiger charge is -2.31. The van der Waals surface area contributed by atoms with Crippen molar-refractivity contribution in [1.29, 1.82) is 0 Å². The summed E-state index contributed by atoms with van der Waals surface area (Å²) < 4.78 is 0.864. The highest BCUT2D eigenvalue weighted by molar-refractivity contribution is 9.10. The third kappa shape index (κ3) is 4.67. The number of aromatic nitrogens is 2. The van der Waals surface area contributed by atoms with E-state index in [4.69, 9.17) is 4.98 Å². The van der Waals surface area contributed by atoms with Gasteiger partial charge in [0.05, 0.1) is 0 Å². The molecule has 1 unspecified atom stereocenters. The minimum Gasteiger partial charge on any atom is -0.367 e. The van der Waals surface area contributed by atoms with Gasteiger partial charge in [0.25, 0.3) is 0 Å². The molecule has 1 aromatic heterocycles. The van der Waals surface area contributed by atoms with E-state index in [2.05, 4.69) is 53.9 Å². The zero-order valence-corrected chi connectivity index (χ0v) is 15.3. The van der Waals surface area contributed by atoms with Gasteiger partial charge in [0.1, 0.15) is 16.2 Å². The van der Waals surface area contributed by atoms with Crippen molar-refractivity contribution in [2.45, 2.75) is 77.7 Å². The van der Waals surface area contributed by atoms with Crippen LogP contribution in [0, 0.1) is 5.92 Å². The number of hydrogen-bond acceptors (Lipinski definition) is 3. The molecule has 2 rings (SSSR count). The van der Waals surface area contributed by atoms with E-state index < -0.39 is 0 Å². The van der Waals surface area contributed by atoms with Gasteiger partial charge in [0.2, 0.25) is 0 Å². The van der Waals surface area contributed by atoms with Crippen molar-refractivity contribution in [3.05, 3.63) is 16.5 Å². The summed E-state index contributed by atoms with van der Waals surface area (Å²) in [4.78, 5) is 9.25. The molecule has 1 heterocycles. The van der Waals surface area contributed by atoms with E-state index in [1.165, 1.54) is 32.1 Å². The SMILES string of the molecule is CCC(Nc1cc(Br)nc(C(C)(C)C)n1)C1CCCCC1. The number of anilines is 1. The summed E-state index contributed by atoms with van der Waals surface area (Å²) in [6, 6.07) is 2.53. The van der Waals surface area contributed by atoms with Crippen LogP contribution in [-0.4, -0.2) is 16.0 Å². The number of hydrogen-bond donors (Lipinski definition) is 1. The standard InChI is InChI=1S/C17H28BrN3/c1-5-13(12-9-7-6-8-10-12)19-15-11-14(18)20-16(21-15)17(2,3)4/h11-13H,5-10H2,1-4H3,(H,19,20,21). The Morgan fingerprint density at radius 1 is 1.24 bits per heavy atom. The molecule has 0 aliphatic heterocycles. The molecule has 3 nitrogen and oxygen atoms in total. The second kappa shape index (κ2) is 7.08. The van der Waals surface area contributed by atoms with E-state index in [1.807, 2.05) is 6.07 Å². The first-order chi connectivity index (χ1) is 9.90. The predicted octanol–water partition coefficient (Wildman–Crippen LogP) is 5.31. The molecule has 0 spiro atoms. The quantitative estimate of drug-likeness (QED) is 0.745. The zero-order valence-electron chi connectivity index (χ0n) is 13.7. The van der Waals surface area contributed by atoms with Gasteiger partial charge in [-0.25, -0.2) is 9.97 Å². The second-order valence-corrected chi connectivity index (χ2v) is 8.02. The van der Waals surface area contributed by atoms with Gasteiger partial charge in [-0.05, 0) is 41.1 Å². The maximum absolute atomic E-state index is 4.74. The van der Waals surface area contributed by atoms with E-state index in [9.17, 15) is 0 Å². The summed E-state index contributed by atoms with van der Waals surface area (Å²) in [7, 11) is 0. The molecule has 0 aromatic carbocycles. The number of nitrogens with one attached hydrogen (secondary N) is 1. The molecule has 1 N–H and O–H groups in total. The normalized spacial score (nSPS) is 18.5. The van der Waals surface area contributed by atoms with E-state index in [1.54, 1.807) is 0 Å². The lowest BCUT2D eigenvalue weighted by molar-refractivity contribution is 0.312. The van der Waals surface area contributed by atoms with Crippen LogP contribution in [0.25, 0.3) is 0 Å². The first-order valence-corrected chi connectivity index (χ1v) is 9.01. The fourth-order valence-corrected chi connectivity index (χ4v) is 3.49. The Kier molecular flexibility index (Phi) is 5.64. The summed E-state index contributed by atoms with van der Waals surface area (Å²) in [5, 5.41) is 3.67. The molecule has 0 saturated heterocycles. The molecule has 21 heavy (non-hydrogen) atoms. The first kappa shape index (κ1) is 16.7. The van der Waals surface area contributed by atoms with E-state index in [-0.39, 0.29) is 5.41 Å². The molecular formula is C17H28BrN3. The monoisotopic (exact) mass is 353 g/mol. The molecule has 1 aliphatic rings. The molecule has 1 saturated carbocycles. The molecule has 0 amide bonds. The Morgan fingerprint density at radius 2 is 1.90 bits per heavy atom. The third-order valence-corrected chi connectivity index (χ3v) is 4.76. The van der Waals surface area contributed by atoms with Crippen LogP contribution >= 0.6 is 15.9 Å². The summed E-state index contributed by atoms with van der Waals surface area (Å²) >= 11 is 3.52. The fraction of sp³-hybridized carbons (Fsp3) is 0.765. The van der Waals surface area contributed by atoms with E-state index in [0.717, 1.165) is 28.6 Å². The van der Waals surface area contributed by atoms with Crippen LogP contribution in [0.4, 0.5) is 5.82 Å². The summed E-state index contributed by atoms with van der Waals surface area (Å²) in [6.07, 6.45) is 8.01. The highest BCUT2D eigenvalue weighted by Crippen LogP contribution is 2.30. The van der Waals surface area contributed by atoms with Gasteiger partial charge in [0.15, 0.2) is 0 Å². The van der Waals surface area contributed by atoms with Crippen molar-refractivity contribution < 1.29 is 0 Å². The third-order valence-electron chi connectivity index (χ3n) is 4.36. The van der Waals surface area contributed by atoms with Crippen molar-refractivity contribution in [3.63, 3.8) is 0 Å². The Balaban J connectivity index is 2.15. The maximum atomic E-state index is 4.74.